The van der Waals surface area contributed by atoms with Crippen molar-refractivity contribution in [3.63, 3.8) is 0 Å². The zero-order chi connectivity index (χ0) is 21.7. The number of methoxy groups -OCH3 is 2. The van der Waals surface area contributed by atoms with Crippen molar-refractivity contribution in [3.8, 4) is 11.5 Å². The van der Waals surface area contributed by atoms with Crippen molar-refractivity contribution in [1.29, 1.82) is 0 Å². The van der Waals surface area contributed by atoms with E-state index >= 15 is 0 Å². The van der Waals surface area contributed by atoms with Crippen LogP contribution in [0.3, 0.4) is 0 Å². The highest BCUT2D eigenvalue weighted by atomic mass is 32.2. The number of hydrogen-bond acceptors (Lipinski definition) is 7. The lowest BCUT2D eigenvalue weighted by Crippen LogP contribution is -2.51. The van der Waals surface area contributed by atoms with Crippen molar-refractivity contribution in [1.82, 2.24) is 14.1 Å². The molecule has 0 saturated carbocycles. The smallest absolute Gasteiger partial charge is 0.243 e. The van der Waals surface area contributed by atoms with Crippen LogP contribution in [-0.4, -0.2) is 100 Å². The summed E-state index contributed by atoms with van der Waals surface area (Å²) in [6, 6.07) is 4.66. The third-order valence-corrected chi connectivity index (χ3v) is 8.03. The number of aliphatic hydroxyl groups excluding tert-OH is 1. The van der Waals surface area contributed by atoms with Gasteiger partial charge < -0.3 is 19.5 Å². The van der Waals surface area contributed by atoms with Crippen LogP contribution >= 0.6 is 0 Å². The Morgan fingerprint density at radius 3 is 2.10 bits per heavy atom. The van der Waals surface area contributed by atoms with Crippen LogP contribution in [0.15, 0.2) is 23.1 Å². The number of rotatable bonds is 8. The molecule has 1 unspecified atom stereocenters. The summed E-state index contributed by atoms with van der Waals surface area (Å²) in [5.74, 6) is 1.67. The lowest BCUT2D eigenvalue weighted by molar-refractivity contribution is 0.0520. The van der Waals surface area contributed by atoms with Crippen LogP contribution in [0.4, 0.5) is 0 Å². The van der Waals surface area contributed by atoms with Gasteiger partial charge in [-0.15, -0.1) is 0 Å². The fourth-order valence-corrected chi connectivity index (χ4v) is 5.62. The van der Waals surface area contributed by atoms with Gasteiger partial charge in [-0.1, -0.05) is 6.92 Å². The summed E-state index contributed by atoms with van der Waals surface area (Å²) < 4.78 is 38.0. The first-order valence-electron chi connectivity index (χ1n) is 10.7. The lowest BCUT2D eigenvalue weighted by Gasteiger charge is -2.36. The van der Waals surface area contributed by atoms with E-state index in [1.807, 2.05) is 0 Å². The van der Waals surface area contributed by atoms with Crippen LogP contribution < -0.4 is 9.47 Å². The number of ether oxygens (including phenoxy) is 2. The summed E-state index contributed by atoms with van der Waals surface area (Å²) in [6.07, 6.45) is 1.98. The van der Waals surface area contributed by atoms with E-state index in [-0.39, 0.29) is 4.90 Å². The fourth-order valence-electron chi connectivity index (χ4n) is 4.18. The number of piperazine rings is 1. The average molecular weight is 442 g/mol. The molecule has 8 nitrogen and oxygen atoms in total. The van der Waals surface area contributed by atoms with Gasteiger partial charge in [-0.05, 0) is 44.0 Å². The number of likely N-dealkylation sites (tertiary alicyclic amines) is 1. The number of β-amino-alcohol motifs (C(OH)–C–C–N with tert-alkyl or cyclic N) is 1. The molecule has 2 heterocycles. The highest BCUT2D eigenvalue weighted by Crippen LogP contribution is 2.30. The van der Waals surface area contributed by atoms with Crippen molar-refractivity contribution in [2.45, 2.75) is 30.8 Å². The molecule has 0 amide bonds. The van der Waals surface area contributed by atoms with E-state index in [9.17, 15) is 13.5 Å². The first-order valence-corrected chi connectivity index (χ1v) is 12.1. The Labute approximate surface area is 180 Å². The van der Waals surface area contributed by atoms with E-state index in [1.54, 1.807) is 12.1 Å². The zero-order valence-corrected chi connectivity index (χ0v) is 19.1. The zero-order valence-electron chi connectivity index (χ0n) is 18.3. The molecule has 30 heavy (non-hydrogen) atoms. The third-order valence-electron chi connectivity index (χ3n) is 6.14. The molecule has 2 aliphatic heterocycles. The molecular formula is C21H35N3O5S. The molecule has 1 N–H and O–H groups in total. The Balaban J connectivity index is 1.52. The molecule has 0 aliphatic carbocycles. The summed E-state index contributed by atoms with van der Waals surface area (Å²) in [5, 5.41) is 10.5. The van der Waals surface area contributed by atoms with Gasteiger partial charge in [-0.25, -0.2) is 8.42 Å². The van der Waals surface area contributed by atoms with E-state index in [2.05, 4.69) is 16.7 Å². The van der Waals surface area contributed by atoms with Gasteiger partial charge in [0.25, 0.3) is 0 Å². The molecule has 2 aliphatic rings. The number of piperidine rings is 1. The van der Waals surface area contributed by atoms with Crippen LogP contribution in [0.25, 0.3) is 0 Å². The second-order valence-corrected chi connectivity index (χ2v) is 10.3. The summed E-state index contributed by atoms with van der Waals surface area (Å²) in [5.41, 5.74) is 0. The molecule has 1 atom stereocenters. The minimum Gasteiger partial charge on any atom is -0.493 e. The molecule has 1 aromatic carbocycles. The van der Waals surface area contributed by atoms with Crippen molar-refractivity contribution in [2.75, 3.05) is 66.6 Å². The molecule has 0 radical (unpaired) electrons. The third kappa shape index (κ3) is 5.64. The maximum absolute atomic E-state index is 13.0. The fraction of sp³-hybridized carbons (Fsp3) is 0.714. The lowest BCUT2D eigenvalue weighted by atomic mass is 9.99. The van der Waals surface area contributed by atoms with E-state index < -0.39 is 16.1 Å². The Bertz CT molecular complexity index is 788. The van der Waals surface area contributed by atoms with E-state index in [0.717, 1.165) is 19.0 Å². The van der Waals surface area contributed by atoms with Crippen molar-refractivity contribution in [2.24, 2.45) is 5.92 Å². The molecule has 170 valence electrons. The van der Waals surface area contributed by atoms with E-state index in [1.165, 1.54) is 37.4 Å². The number of benzene rings is 1. The molecule has 2 fully saturated rings. The Morgan fingerprint density at radius 1 is 0.967 bits per heavy atom. The minimum absolute atomic E-state index is 0.202. The van der Waals surface area contributed by atoms with Crippen molar-refractivity contribution >= 4 is 10.0 Å². The molecule has 3 rings (SSSR count). The second kappa shape index (κ2) is 10.3. The quantitative estimate of drug-likeness (QED) is 0.647. The summed E-state index contributed by atoms with van der Waals surface area (Å²) in [7, 11) is -0.591. The highest BCUT2D eigenvalue weighted by molar-refractivity contribution is 7.89. The van der Waals surface area contributed by atoms with Crippen LogP contribution in [0, 0.1) is 5.92 Å². The maximum atomic E-state index is 13.0. The topological polar surface area (TPSA) is 82.6 Å². The van der Waals surface area contributed by atoms with Gasteiger partial charge in [0.2, 0.25) is 10.0 Å². The predicted octanol–water partition coefficient (Wildman–Crippen LogP) is 1.10. The van der Waals surface area contributed by atoms with Gasteiger partial charge in [0.05, 0.1) is 25.2 Å². The van der Waals surface area contributed by atoms with E-state index in [4.69, 9.17) is 9.47 Å². The largest absolute Gasteiger partial charge is 0.493 e. The number of nitrogens with zero attached hydrogens (tertiary/aromatic N) is 3. The SMILES string of the molecule is COc1ccc(S(=O)(=O)N2CCN(CC(O)CN3CCC(C)CC3)CC2)cc1OC. The monoisotopic (exact) mass is 441 g/mol. The highest BCUT2D eigenvalue weighted by Gasteiger charge is 2.30. The maximum Gasteiger partial charge on any atom is 0.243 e. The Morgan fingerprint density at radius 2 is 1.53 bits per heavy atom. The minimum atomic E-state index is -3.60. The van der Waals surface area contributed by atoms with Crippen LogP contribution in [0.1, 0.15) is 19.8 Å². The first kappa shape index (κ1) is 23.3. The molecule has 1 aromatic rings. The molecule has 0 spiro atoms. The molecule has 0 aromatic heterocycles. The number of aliphatic hydroxyl groups is 1. The van der Waals surface area contributed by atoms with Crippen molar-refractivity contribution in [3.05, 3.63) is 18.2 Å². The van der Waals surface area contributed by atoms with Gasteiger partial charge in [0.1, 0.15) is 0 Å². The standard InChI is InChI=1S/C21H35N3O5S/c1-17-6-8-22(9-7-17)15-18(25)16-23-10-12-24(13-11-23)30(26,27)19-4-5-20(28-2)21(14-19)29-3/h4-5,14,17-18,25H,6-13,15-16H2,1-3H3. The Kier molecular flexibility index (Phi) is 7.98. The van der Waals surface area contributed by atoms with Gasteiger partial charge >= 0.3 is 0 Å². The molecule has 2 saturated heterocycles. The van der Waals surface area contributed by atoms with E-state index in [0.29, 0.717) is 50.8 Å². The normalized spacial score (nSPS) is 21.5. The van der Waals surface area contributed by atoms with Gasteiger partial charge in [0.15, 0.2) is 11.5 Å². The summed E-state index contributed by atoms with van der Waals surface area (Å²) in [4.78, 5) is 4.69. The summed E-state index contributed by atoms with van der Waals surface area (Å²) >= 11 is 0. The number of sulfonamides is 1. The van der Waals surface area contributed by atoms with Gasteiger partial charge in [0, 0.05) is 45.3 Å². The van der Waals surface area contributed by atoms with Crippen LogP contribution in [-0.2, 0) is 10.0 Å². The van der Waals surface area contributed by atoms with Crippen LogP contribution in [0.2, 0.25) is 0 Å². The second-order valence-electron chi connectivity index (χ2n) is 8.36. The van der Waals surface area contributed by atoms with Crippen molar-refractivity contribution < 1.29 is 23.0 Å². The number of hydrogen-bond donors (Lipinski definition) is 1. The van der Waals surface area contributed by atoms with Crippen LogP contribution in [0.5, 0.6) is 11.5 Å². The predicted molar refractivity (Wildman–Crippen MR) is 116 cm³/mol. The Hall–Kier alpha value is -1.39. The summed E-state index contributed by atoms with van der Waals surface area (Å²) in [6.45, 7) is 7.69. The molecular weight excluding hydrogens is 406 g/mol. The average Bonchev–Trinajstić information content (AvgIpc) is 2.75. The van der Waals surface area contributed by atoms with Gasteiger partial charge in [-0.2, -0.15) is 4.31 Å². The first-order chi connectivity index (χ1) is 14.3. The molecule has 0 bridgehead atoms. The molecule has 9 heteroatoms. The van der Waals surface area contributed by atoms with Gasteiger partial charge in [-0.3, -0.25) is 4.90 Å².